The van der Waals surface area contributed by atoms with Gasteiger partial charge in [-0.25, -0.2) is 0 Å². The van der Waals surface area contributed by atoms with Crippen LogP contribution in [0.5, 0.6) is 0 Å². The second-order valence-corrected chi connectivity index (χ2v) is 12.5. The molecule has 4 N–H and O–H groups in total. The first-order chi connectivity index (χ1) is 20.3. The van der Waals surface area contributed by atoms with E-state index in [0.29, 0.717) is 23.3 Å². The van der Waals surface area contributed by atoms with Crippen molar-refractivity contribution in [1.82, 2.24) is 7.05 Å². The predicted molar refractivity (Wildman–Crippen MR) is 168 cm³/mol. The normalized spacial score (nSPS) is 15.0. The topological polar surface area (TPSA) is 147 Å². The van der Waals surface area contributed by atoms with Crippen LogP contribution in [0.4, 0.5) is 11.6 Å². The molecular weight excluding hydrogens is 601 g/mol. The standard InChI is InChI=1S/C32H16GeN8.2H2O/c1-2-10-18-17(9-1)25-34-26(18)37-30-23-15-7-8-16-24(23)32-39-28-20-12-4-3-11-19(20)27(35-28)38-31-22-14-6-5-13-21(22)29(36-25)40(31)33-41(30)32;;/h1-16H;2*1H2. The van der Waals surface area contributed by atoms with Gasteiger partial charge in [-0.2, -0.15) is 0 Å². The van der Waals surface area contributed by atoms with Crippen molar-refractivity contribution in [2.45, 2.75) is 0 Å². The van der Waals surface area contributed by atoms with Gasteiger partial charge < -0.3 is 11.0 Å². The Morgan fingerprint density at radius 1 is 0.372 bits per heavy atom. The van der Waals surface area contributed by atoms with Gasteiger partial charge in [0, 0.05) is 0 Å². The molecule has 0 saturated carbocycles. The molecule has 4 aliphatic rings. The van der Waals surface area contributed by atoms with Crippen molar-refractivity contribution in [3.8, 4) is 0 Å². The quantitative estimate of drug-likeness (QED) is 0.230. The Balaban J connectivity index is 0.00000139. The van der Waals surface area contributed by atoms with Crippen molar-refractivity contribution < 1.29 is 11.0 Å². The first-order valence-corrected chi connectivity index (χ1v) is 15.2. The third-order valence-electron chi connectivity index (χ3n) is 7.95. The van der Waals surface area contributed by atoms with Crippen LogP contribution in [0, 0.1) is 0 Å². The van der Waals surface area contributed by atoms with Crippen LogP contribution in [-0.4, -0.2) is 57.2 Å². The summed E-state index contributed by atoms with van der Waals surface area (Å²) in [7, 11) is 0. The van der Waals surface area contributed by atoms with Gasteiger partial charge >= 0.3 is 240 Å². The average molecular weight is 621 g/mol. The number of aliphatic imine (C=N–C) groups is 4. The van der Waals surface area contributed by atoms with Crippen LogP contribution in [-0.2, 0) is 0 Å². The van der Waals surface area contributed by atoms with E-state index in [1.807, 2.05) is 24.3 Å². The molecule has 0 fully saturated rings. The van der Waals surface area contributed by atoms with Gasteiger partial charge in [0.1, 0.15) is 0 Å². The van der Waals surface area contributed by atoms with Crippen LogP contribution in [0.15, 0.2) is 127 Å². The van der Waals surface area contributed by atoms with Gasteiger partial charge in [-0.05, 0) is 0 Å². The van der Waals surface area contributed by atoms with Crippen molar-refractivity contribution in [2.24, 2.45) is 30.0 Å². The van der Waals surface area contributed by atoms with E-state index in [0.717, 1.165) is 66.4 Å². The van der Waals surface area contributed by atoms with Crippen LogP contribution in [0.2, 0.25) is 0 Å². The summed E-state index contributed by atoms with van der Waals surface area (Å²) in [6.07, 6.45) is 0. The fourth-order valence-electron chi connectivity index (χ4n) is 6.09. The summed E-state index contributed by atoms with van der Waals surface area (Å²) >= 11 is -1.17. The van der Waals surface area contributed by atoms with Crippen molar-refractivity contribution in [3.63, 3.8) is 0 Å². The predicted octanol–water partition coefficient (Wildman–Crippen LogP) is 2.82. The number of amidine groups is 4. The van der Waals surface area contributed by atoms with E-state index in [9.17, 15) is 0 Å². The fourth-order valence-corrected chi connectivity index (χ4v) is 8.73. The average Bonchev–Trinajstić information content (AvgIpc) is 3.72. The van der Waals surface area contributed by atoms with Gasteiger partial charge in [0.05, 0.1) is 0 Å². The Bertz CT molecular complexity index is 2300. The molecule has 6 bridgehead atoms. The molecule has 0 unspecified atom stereocenters. The summed E-state index contributed by atoms with van der Waals surface area (Å²) in [6.45, 7) is 0. The molecule has 0 amide bonds. The number of hydrogen-bond donors (Lipinski definition) is 0. The zero-order valence-electron chi connectivity index (χ0n) is 22.3. The first-order valence-electron chi connectivity index (χ1n) is 13.3. The number of fused-ring (bicyclic) bond motifs is 14. The maximum absolute atomic E-state index is 5.25. The SMILES string of the molecule is O.O.c1ccc2c(c1)C1=NC2=Nc2c3ccccc3c3[n]2[Ge][n]2c(c4ccccc4c2=NC2=NC(=N3)c3ccccc32)=N1. The molecular formula is C32H20GeN8O2. The first kappa shape index (κ1) is 25.4. The second-order valence-electron chi connectivity index (χ2n) is 10.2. The van der Waals surface area contributed by atoms with Crippen LogP contribution in [0.25, 0.3) is 21.5 Å². The third-order valence-corrected chi connectivity index (χ3v) is 10.6. The summed E-state index contributed by atoms with van der Waals surface area (Å²) in [5, 5.41) is 4.14. The summed E-state index contributed by atoms with van der Waals surface area (Å²) in [6, 6.07) is 33.1. The molecule has 4 aliphatic heterocycles. The molecule has 4 aromatic carbocycles. The third kappa shape index (κ3) is 3.36. The van der Waals surface area contributed by atoms with Gasteiger partial charge in [-0.15, -0.1) is 0 Å². The number of benzene rings is 4. The van der Waals surface area contributed by atoms with Crippen molar-refractivity contribution in [2.75, 3.05) is 0 Å². The summed E-state index contributed by atoms with van der Waals surface area (Å²) in [5.41, 5.74) is 5.62. The molecule has 0 saturated heterocycles. The molecule has 10 rings (SSSR count). The molecule has 0 aliphatic carbocycles. The zero-order chi connectivity index (χ0) is 26.7. The molecule has 10 nitrogen and oxygen atoms in total. The summed E-state index contributed by atoms with van der Waals surface area (Å²) < 4.78 is 4.56. The molecule has 0 atom stereocenters. The molecule has 2 aromatic heterocycles. The van der Waals surface area contributed by atoms with E-state index < -0.39 is 15.9 Å². The fraction of sp³-hybridized carbons (Fsp3) is 0. The monoisotopic (exact) mass is 622 g/mol. The molecule has 6 heterocycles. The van der Waals surface area contributed by atoms with E-state index in [-0.39, 0.29) is 11.0 Å². The Morgan fingerprint density at radius 2 is 0.721 bits per heavy atom. The van der Waals surface area contributed by atoms with E-state index in [1.165, 1.54) is 0 Å². The van der Waals surface area contributed by atoms with Crippen molar-refractivity contribution in [1.29, 1.82) is 0 Å². The molecule has 6 aromatic rings. The Hall–Kier alpha value is -5.30. The van der Waals surface area contributed by atoms with E-state index in [1.54, 1.807) is 0 Å². The van der Waals surface area contributed by atoms with E-state index >= 15 is 0 Å². The van der Waals surface area contributed by atoms with Crippen LogP contribution in [0.1, 0.15) is 22.3 Å². The molecule has 2 radical (unpaired) electrons. The maximum atomic E-state index is 5.25. The number of hydrogen-bond acceptors (Lipinski definition) is 6. The number of rotatable bonds is 0. The van der Waals surface area contributed by atoms with Gasteiger partial charge in [-0.1, -0.05) is 0 Å². The van der Waals surface area contributed by atoms with Gasteiger partial charge in [0.15, 0.2) is 0 Å². The van der Waals surface area contributed by atoms with Crippen molar-refractivity contribution in [3.05, 3.63) is 130 Å². The minimum atomic E-state index is -1.17. The van der Waals surface area contributed by atoms with Gasteiger partial charge in [-0.3, -0.25) is 0 Å². The molecule has 0 spiro atoms. The number of aromatic nitrogens is 2. The molecule has 11 heteroatoms. The molecule has 43 heavy (non-hydrogen) atoms. The van der Waals surface area contributed by atoms with E-state index in [4.69, 9.17) is 30.0 Å². The minimum absolute atomic E-state index is 0. The van der Waals surface area contributed by atoms with Crippen LogP contribution < -0.4 is 11.0 Å². The van der Waals surface area contributed by atoms with Crippen LogP contribution >= 0.6 is 0 Å². The Morgan fingerprint density at radius 3 is 1.14 bits per heavy atom. The Kier molecular flexibility index (Phi) is 5.38. The summed E-state index contributed by atoms with van der Waals surface area (Å²) in [5.74, 6) is 4.37. The van der Waals surface area contributed by atoms with Gasteiger partial charge in [0.25, 0.3) is 0 Å². The van der Waals surface area contributed by atoms with Crippen molar-refractivity contribution >= 4 is 72.4 Å². The van der Waals surface area contributed by atoms with Crippen LogP contribution in [0.3, 0.4) is 0 Å². The zero-order valence-corrected chi connectivity index (χ0v) is 24.4. The molecule has 204 valence electrons. The van der Waals surface area contributed by atoms with E-state index in [2.05, 4.69) is 79.8 Å². The second kappa shape index (κ2) is 9.10. The van der Waals surface area contributed by atoms with Gasteiger partial charge in [0.2, 0.25) is 0 Å². The summed E-state index contributed by atoms with van der Waals surface area (Å²) in [4.78, 5) is 31.0. The Labute approximate surface area is 250 Å². The number of nitrogens with zero attached hydrogens (tertiary/aromatic N) is 8.